The summed E-state index contributed by atoms with van der Waals surface area (Å²) in [6.45, 7) is 0. The average Bonchev–Trinajstić information content (AvgIpc) is 2.15. The number of rotatable bonds is 2. The van der Waals surface area contributed by atoms with Gasteiger partial charge in [-0.25, -0.2) is 0 Å². The summed E-state index contributed by atoms with van der Waals surface area (Å²) in [5.74, 6) is 2.50. The molecule has 3 nitrogen and oxygen atoms in total. The maximum Gasteiger partial charge on any atom is 0.320 e. The number of hydrogen-bond donors (Lipinski definition) is 2. The molecule has 0 amide bonds. The van der Waals surface area contributed by atoms with Gasteiger partial charge in [0.1, 0.15) is 6.04 Å². The van der Waals surface area contributed by atoms with E-state index >= 15 is 0 Å². The molecule has 0 aliphatic heterocycles. The van der Waals surface area contributed by atoms with E-state index in [1.165, 1.54) is 32.1 Å². The monoisotopic (exact) mass is 209 g/mol. The lowest BCUT2D eigenvalue weighted by Crippen LogP contribution is -2.54. The molecule has 4 rings (SSSR count). The number of carboxylic acids is 1. The van der Waals surface area contributed by atoms with Gasteiger partial charge in [-0.1, -0.05) is 0 Å². The number of nitrogens with two attached hydrogens (primary N) is 1. The van der Waals surface area contributed by atoms with E-state index in [0.717, 1.165) is 11.8 Å². The summed E-state index contributed by atoms with van der Waals surface area (Å²) in [6.07, 6.45) is 6.40. The van der Waals surface area contributed by atoms with Gasteiger partial charge >= 0.3 is 5.97 Å². The molecule has 1 atom stereocenters. The van der Waals surface area contributed by atoms with Crippen molar-refractivity contribution in [1.29, 1.82) is 0 Å². The van der Waals surface area contributed by atoms with E-state index in [-0.39, 0.29) is 5.92 Å². The zero-order chi connectivity index (χ0) is 10.6. The first kappa shape index (κ1) is 9.64. The molecule has 0 unspecified atom stereocenters. The molecule has 15 heavy (non-hydrogen) atoms. The molecule has 0 spiro atoms. The van der Waals surface area contributed by atoms with Gasteiger partial charge < -0.3 is 10.8 Å². The van der Waals surface area contributed by atoms with E-state index in [2.05, 4.69) is 0 Å². The first-order chi connectivity index (χ1) is 7.15. The fourth-order valence-corrected chi connectivity index (χ4v) is 4.72. The van der Waals surface area contributed by atoms with Crippen LogP contribution in [0.5, 0.6) is 0 Å². The second kappa shape index (κ2) is 3.21. The van der Waals surface area contributed by atoms with Crippen molar-refractivity contribution >= 4 is 5.97 Å². The van der Waals surface area contributed by atoms with Gasteiger partial charge in [0.15, 0.2) is 0 Å². The molecule has 0 heterocycles. The molecule has 0 saturated heterocycles. The van der Waals surface area contributed by atoms with Crippen molar-refractivity contribution in [3.05, 3.63) is 0 Å². The second-order valence-electron chi connectivity index (χ2n) is 5.87. The van der Waals surface area contributed by atoms with Crippen LogP contribution in [0.15, 0.2) is 0 Å². The summed E-state index contributed by atoms with van der Waals surface area (Å²) in [6, 6.07) is -0.611. The SMILES string of the molecule is N[C@@H](C(=O)O)C1C2CC3CC(C2)CC1C3. The smallest absolute Gasteiger partial charge is 0.320 e. The van der Waals surface area contributed by atoms with E-state index < -0.39 is 12.0 Å². The van der Waals surface area contributed by atoms with Crippen LogP contribution in [0.1, 0.15) is 32.1 Å². The van der Waals surface area contributed by atoms with Gasteiger partial charge in [0.2, 0.25) is 0 Å². The highest BCUT2D eigenvalue weighted by Crippen LogP contribution is 2.57. The van der Waals surface area contributed by atoms with Gasteiger partial charge in [-0.15, -0.1) is 0 Å². The van der Waals surface area contributed by atoms with Crippen LogP contribution in [0, 0.1) is 29.6 Å². The number of aliphatic carboxylic acids is 1. The summed E-state index contributed by atoms with van der Waals surface area (Å²) < 4.78 is 0. The Hall–Kier alpha value is -0.570. The maximum absolute atomic E-state index is 11.0. The van der Waals surface area contributed by atoms with E-state index in [1.807, 2.05) is 0 Å². The van der Waals surface area contributed by atoms with Crippen LogP contribution in [0.3, 0.4) is 0 Å². The molecular formula is C12H19NO2. The molecule has 4 bridgehead atoms. The first-order valence-corrected chi connectivity index (χ1v) is 6.13. The third-order valence-corrected chi connectivity index (χ3v) is 5.00. The van der Waals surface area contributed by atoms with Crippen molar-refractivity contribution in [3.8, 4) is 0 Å². The average molecular weight is 209 g/mol. The predicted octanol–water partition coefficient (Wildman–Crippen LogP) is 1.47. The molecule has 4 aliphatic carbocycles. The van der Waals surface area contributed by atoms with Crippen molar-refractivity contribution < 1.29 is 9.90 Å². The third kappa shape index (κ3) is 1.40. The van der Waals surface area contributed by atoms with Crippen LogP contribution in [-0.2, 0) is 4.79 Å². The number of carbonyl (C=O) groups is 1. The van der Waals surface area contributed by atoms with Crippen LogP contribution >= 0.6 is 0 Å². The summed E-state index contributed by atoms with van der Waals surface area (Å²) in [4.78, 5) is 11.0. The predicted molar refractivity (Wildman–Crippen MR) is 56.1 cm³/mol. The van der Waals surface area contributed by atoms with Crippen LogP contribution < -0.4 is 5.73 Å². The first-order valence-electron chi connectivity index (χ1n) is 6.13. The Morgan fingerprint density at radius 2 is 1.53 bits per heavy atom. The van der Waals surface area contributed by atoms with Crippen molar-refractivity contribution in [1.82, 2.24) is 0 Å². The van der Waals surface area contributed by atoms with Gasteiger partial charge in [0.25, 0.3) is 0 Å². The van der Waals surface area contributed by atoms with Crippen LogP contribution in [-0.4, -0.2) is 17.1 Å². The molecule has 0 aromatic heterocycles. The van der Waals surface area contributed by atoms with Crippen molar-refractivity contribution in [2.45, 2.75) is 38.1 Å². The molecular weight excluding hydrogens is 190 g/mol. The van der Waals surface area contributed by atoms with Crippen LogP contribution in [0.2, 0.25) is 0 Å². The Labute approximate surface area is 90.0 Å². The molecule has 4 fully saturated rings. The van der Waals surface area contributed by atoms with Crippen molar-refractivity contribution in [2.24, 2.45) is 35.3 Å². The molecule has 0 aromatic rings. The second-order valence-corrected chi connectivity index (χ2v) is 5.87. The Balaban J connectivity index is 1.83. The van der Waals surface area contributed by atoms with Crippen LogP contribution in [0.4, 0.5) is 0 Å². The number of hydrogen-bond acceptors (Lipinski definition) is 2. The summed E-state index contributed by atoms with van der Waals surface area (Å²) in [5.41, 5.74) is 5.84. The summed E-state index contributed by atoms with van der Waals surface area (Å²) >= 11 is 0. The van der Waals surface area contributed by atoms with E-state index in [4.69, 9.17) is 10.8 Å². The molecule has 4 saturated carbocycles. The Morgan fingerprint density at radius 1 is 1.07 bits per heavy atom. The Kier molecular flexibility index (Phi) is 2.06. The van der Waals surface area contributed by atoms with Crippen molar-refractivity contribution in [2.75, 3.05) is 0 Å². The minimum atomic E-state index is -0.799. The molecule has 3 heteroatoms. The standard InChI is InChI=1S/C12H19NO2/c13-11(12(14)15)10-8-2-6-1-7(4-8)5-9(10)3-6/h6-11H,1-5,13H2,(H,14,15)/t6?,7?,8?,9?,10?,11-/m1/s1. The number of carboxylic acid groups (broad SMARTS) is 1. The molecule has 3 N–H and O–H groups in total. The lowest BCUT2D eigenvalue weighted by atomic mass is 9.50. The zero-order valence-corrected chi connectivity index (χ0v) is 8.93. The van der Waals surface area contributed by atoms with E-state index in [1.54, 1.807) is 0 Å². The van der Waals surface area contributed by atoms with Gasteiger partial charge in [-0.05, 0) is 61.7 Å². The van der Waals surface area contributed by atoms with Crippen LogP contribution in [0.25, 0.3) is 0 Å². The Bertz CT molecular complexity index is 261. The molecule has 84 valence electrons. The van der Waals surface area contributed by atoms with Gasteiger partial charge in [-0.2, -0.15) is 0 Å². The van der Waals surface area contributed by atoms with Crippen molar-refractivity contribution in [3.63, 3.8) is 0 Å². The highest BCUT2D eigenvalue weighted by atomic mass is 16.4. The van der Waals surface area contributed by atoms with Gasteiger partial charge in [0, 0.05) is 0 Å². The normalized spacial score (nSPS) is 49.3. The minimum absolute atomic E-state index is 0.273. The molecule has 0 radical (unpaired) electrons. The lowest BCUT2D eigenvalue weighted by molar-refractivity contribution is -0.145. The topological polar surface area (TPSA) is 63.3 Å². The fraction of sp³-hybridized carbons (Fsp3) is 0.917. The zero-order valence-electron chi connectivity index (χ0n) is 8.93. The largest absolute Gasteiger partial charge is 0.480 e. The van der Waals surface area contributed by atoms with E-state index in [0.29, 0.717) is 11.8 Å². The van der Waals surface area contributed by atoms with Gasteiger partial charge in [-0.3, -0.25) is 4.79 Å². The minimum Gasteiger partial charge on any atom is -0.480 e. The van der Waals surface area contributed by atoms with Gasteiger partial charge in [0.05, 0.1) is 0 Å². The molecule has 4 aliphatic rings. The highest BCUT2D eigenvalue weighted by Gasteiger charge is 2.51. The Morgan fingerprint density at radius 3 is 1.93 bits per heavy atom. The maximum atomic E-state index is 11.0. The van der Waals surface area contributed by atoms with E-state index in [9.17, 15) is 4.79 Å². The third-order valence-electron chi connectivity index (χ3n) is 5.00. The molecule has 0 aromatic carbocycles. The fourth-order valence-electron chi connectivity index (χ4n) is 4.72. The quantitative estimate of drug-likeness (QED) is 0.724. The lowest BCUT2D eigenvalue weighted by Gasteiger charge is -2.55. The summed E-state index contributed by atoms with van der Waals surface area (Å²) in [7, 11) is 0. The summed E-state index contributed by atoms with van der Waals surface area (Å²) in [5, 5.41) is 9.04. The highest BCUT2D eigenvalue weighted by molar-refractivity contribution is 5.73.